The van der Waals surface area contributed by atoms with Crippen LogP contribution in [-0.2, 0) is 0 Å². The zero-order chi connectivity index (χ0) is 13.4. The Balaban J connectivity index is 1.84. The molecule has 0 bridgehead atoms. The first-order valence-corrected chi connectivity index (χ1v) is 6.39. The van der Waals surface area contributed by atoms with Crippen LogP contribution in [0.4, 0.5) is 0 Å². The van der Waals surface area contributed by atoms with E-state index in [1.165, 1.54) is 0 Å². The summed E-state index contributed by atoms with van der Waals surface area (Å²) in [6, 6.07) is 17.8. The molecule has 0 saturated carbocycles. The van der Waals surface area contributed by atoms with Crippen LogP contribution in [0.15, 0.2) is 76.0 Å². The second-order valence-electron chi connectivity index (χ2n) is 4.58. The predicted molar refractivity (Wildman–Crippen MR) is 77.1 cm³/mol. The maximum Gasteiger partial charge on any atom is 0.227 e. The third-order valence-electron chi connectivity index (χ3n) is 3.26. The van der Waals surface area contributed by atoms with Crippen molar-refractivity contribution in [3.05, 3.63) is 67.1 Å². The van der Waals surface area contributed by atoms with Gasteiger partial charge in [0, 0.05) is 11.1 Å². The average molecular weight is 261 g/mol. The zero-order valence-corrected chi connectivity index (χ0v) is 10.6. The fourth-order valence-corrected chi connectivity index (χ4v) is 2.24. The molecule has 2 heterocycles. The van der Waals surface area contributed by atoms with Crippen LogP contribution in [0.25, 0.3) is 33.7 Å². The van der Waals surface area contributed by atoms with Gasteiger partial charge in [0.1, 0.15) is 5.52 Å². The van der Waals surface area contributed by atoms with Gasteiger partial charge in [-0.1, -0.05) is 24.3 Å². The SMILES string of the molecule is c1ccc(-c2nc3cc(-c4ccoc4)ccc3o2)cc1. The molecule has 0 N–H and O–H groups in total. The Bertz CT molecular complexity index is 845. The molecule has 2 aromatic heterocycles. The topological polar surface area (TPSA) is 39.2 Å². The van der Waals surface area contributed by atoms with Gasteiger partial charge in [-0.2, -0.15) is 0 Å². The summed E-state index contributed by atoms with van der Waals surface area (Å²) in [5.74, 6) is 0.643. The van der Waals surface area contributed by atoms with E-state index in [4.69, 9.17) is 8.83 Å². The molecule has 4 rings (SSSR count). The zero-order valence-electron chi connectivity index (χ0n) is 10.6. The van der Waals surface area contributed by atoms with E-state index in [2.05, 4.69) is 4.98 Å². The highest BCUT2D eigenvalue weighted by Gasteiger charge is 2.09. The molecule has 0 aliphatic heterocycles. The summed E-state index contributed by atoms with van der Waals surface area (Å²) in [4.78, 5) is 4.56. The summed E-state index contributed by atoms with van der Waals surface area (Å²) < 4.78 is 10.9. The molecule has 96 valence electrons. The Kier molecular flexibility index (Phi) is 2.42. The second kappa shape index (κ2) is 4.38. The van der Waals surface area contributed by atoms with Crippen LogP contribution in [0.3, 0.4) is 0 Å². The first kappa shape index (κ1) is 11.1. The Labute approximate surface area is 115 Å². The molecule has 0 unspecified atom stereocenters. The van der Waals surface area contributed by atoms with Crippen LogP contribution in [0.2, 0.25) is 0 Å². The van der Waals surface area contributed by atoms with E-state index in [1.807, 2.05) is 54.6 Å². The Morgan fingerprint density at radius 1 is 0.800 bits per heavy atom. The van der Waals surface area contributed by atoms with Crippen LogP contribution in [0, 0.1) is 0 Å². The summed E-state index contributed by atoms with van der Waals surface area (Å²) >= 11 is 0. The number of rotatable bonds is 2. The number of furan rings is 1. The minimum absolute atomic E-state index is 0.643. The maximum atomic E-state index is 5.79. The van der Waals surface area contributed by atoms with Crippen molar-refractivity contribution in [2.24, 2.45) is 0 Å². The van der Waals surface area contributed by atoms with Crippen molar-refractivity contribution >= 4 is 11.1 Å². The van der Waals surface area contributed by atoms with Gasteiger partial charge in [-0.3, -0.25) is 0 Å². The molecule has 20 heavy (non-hydrogen) atoms. The molecule has 3 heteroatoms. The lowest BCUT2D eigenvalue weighted by Gasteiger charge is -1.94. The summed E-state index contributed by atoms with van der Waals surface area (Å²) in [6.07, 6.45) is 3.39. The molecule has 3 nitrogen and oxygen atoms in total. The van der Waals surface area contributed by atoms with Gasteiger partial charge in [0.05, 0.1) is 12.5 Å². The standard InChI is InChI=1S/C17H11NO2/c1-2-4-12(5-3-1)17-18-15-10-13(6-7-16(15)20-17)14-8-9-19-11-14/h1-11H. The van der Waals surface area contributed by atoms with Crippen LogP contribution < -0.4 is 0 Å². The predicted octanol–water partition coefficient (Wildman–Crippen LogP) is 4.75. The smallest absolute Gasteiger partial charge is 0.227 e. The Morgan fingerprint density at radius 2 is 1.70 bits per heavy atom. The van der Waals surface area contributed by atoms with Crippen LogP contribution in [-0.4, -0.2) is 4.98 Å². The molecule has 4 aromatic rings. The molecule has 0 spiro atoms. The number of nitrogens with zero attached hydrogens (tertiary/aromatic N) is 1. The highest BCUT2D eigenvalue weighted by molar-refractivity contribution is 5.82. The molecule has 0 radical (unpaired) electrons. The van der Waals surface area contributed by atoms with Crippen LogP contribution >= 0.6 is 0 Å². The van der Waals surface area contributed by atoms with Crippen molar-refractivity contribution < 1.29 is 8.83 Å². The van der Waals surface area contributed by atoms with E-state index in [0.29, 0.717) is 5.89 Å². The summed E-state index contributed by atoms with van der Waals surface area (Å²) in [7, 11) is 0. The van der Waals surface area contributed by atoms with Crippen molar-refractivity contribution in [3.8, 4) is 22.6 Å². The van der Waals surface area contributed by atoms with E-state index in [1.54, 1.807) is 12.5 Å². The van der Waals surface area contributed by atoms with Crippen LogP contribution in [0.5, 0.6) is 0 Å². The lowest BCUT2D eigenvalue weighted by atomic mass is 10.1. The number of hydrogen-bond donors (Lipinski definition) is 0. The first-order valence-electron chi connectivity index (χ1n) is 6.39. The fourth-order valence-electron chi connectivity index (χ4n) is 2.24. The van der Waals surface area contributed by atoms with Crippen molar-refractivity contribution in [3.63, 3.8) is 0 Å². The van der Waals surface area contributed by atoms with Gasteiger partial charge in [-0.15, -0.1) is 0 Å². The Hall–Kier alpha value is -2.81. The summed E-state index contributed by atoms with van der Waals surface area (Å²) in [5, 5.41) is 0. The van der Waals surface area contributed by atoms with Gasteiger partial charge in [0.2, 0.25) is 5.89 Å². The lowest BCUT2D eigenvalue weighted by Crippen LogP contribution is -1.76. The van der Waals surface area contributed by atoms with Crippen molar-refractivity contribution in [1.29, 1.82) is 0 Å². The number of benzene rings is 2. The van der Waals surface area contributed by atoms with Gasteiger partial charge in [0.25, 0.3) is 0 Å². The number of fused-ring (bicyclic) bond motifs is 1. The number of hydrogen-bond acceptors (Lipinski definition) is 3. The highest BCUT2D eigenvalue weighted by Crippen LogP contribution is 2.28. The van der Waals surface area contributed by atoms with Crippen molar-refractivity contribution in [2.75, 3.05) is 0 Å². The van der Waals surface area contributed by atoms with Crippen molar-refractivity contribution in [1.82, 2.24) is 4.98 Å². The van der Waals surface area contributed by atoms with E-state index < -0.39 is 0 Å². The third kappa shape index (κ3) is 1.80. The van der Waals surface area contributed by atoms with Gasteiger partial charge in [-0.25, -0.2) is 4.98 Å². The van der Waals surface area contributed by atoms with E-state index in [-0.39, 0.29) is 0 Å². The quantitative estimate of drug-likeness (QED) is 0.522. The average Bonchev–Trinajstić information content (AvgIpc) is 3.16. The Morgan fingerprint density at radius 3 is 2.50 bits per heavy atom. The third-order valence-corrected chi connectivity index (χ3v) is 3.26. The summed E-state index contributed by atoms with van der Waals surface area (Å²) in [5.41, 5.74) is 4.72. The van der Waals surface area contributed by atoms with Crippen LogP contribution in [0.1, 0.15) is 0 Å². The van der Waals surface area contributed by atoms with E-state index >= 15 is 0 Å². The van der Waals surface area contributed by atoms with Gasteiger partial charge < -0.3 is 8.83 Å². The normalized spacial score (nSPS) is 11.0. The van der Waals surface area contributed by atoms with Crippen molar-refractivity contribution in [2.45, 2.75) is 0 Å². The molecule has 2 aromatic carbocycles. The molecule has 0 aliphatic carbocycles. The molecule has 0 saturated heterocycles. The first-order chi connectivity index (χ1) is 9.90. The molecule has 0 aliphatic rings. The maximum absolute atomic E-state index is 5.79. The minimum atomic E-state index is 0.643. The summed E-state index contributed by atoms with van der Waals surface area (Å²) in [6.45, 7) is 0. The molecule has 0 fully saturated rings. The van der Waals surface area contributed by atoms with Gasteiger partial charge in [-0.05, 0) is 35.9 Å². The fraction of sp³-hybridized carbons (Fsp3) is 0. The largest absolute Gasteiger partial charge is 0.472 e. The molecule has 0 amide bonds. The molecular formula is C17H11NO2. The van der Waals surface area contributed by atoms with E-state index in [0.717, 1.165) is 27.8 Å². The second-order valence-corrected chi connectivity index (χ2v) is 4.58. The monoisotopic (exact) mass is 261 g/mol. The number of aromatic nitrogens is 1. The minimum Gasteiger partial charge on any atom is -0.472 e. The van der Waals surface area contributed by atoms with E-state index in [9.17, 15) is 0 Å². The number of oxazole rings is 1. The highest BCUT2D eigenvalue weighted by atomic mass is 16.3. The lowest BCUT2D eigenvalue weighted by molar-refractivity contribution is 0.568. The van der Waals surface area contributed by atoms with Gasteiger partial charge in [0.15, 0.2) is 5.58 Å². The molecule has 0 atom stereocenters. The molecular weight excluding hydrogens is 250 g/mol. The van der Waals surface area contributed by atoms with Gasteiger partial charge >= 0.3 is 0 Å².